The Labute approximate surface area is 172 Å². The first-order valence-electron chi connectivity index (χ1n) is 10.7. The summed E-state index contributed by atoms with van der Waals surface area (Å²) in [6.07, 6.45) is 2.88. The minimum absolute atomic E-state index is 0.0848. The van der Waals surface area contributed by atoms with Gasteiger partial charge in [-0.15, -0.1) is 0 Å². The molecule has 7 nitrogen and oxygen atoms in total. The number of piperidine rings is 2. The summed E-state index contributed by atoms with van der Waals surface area (Å²) in [5.74, 6) is -0.218. The third-order valence-corrected chi connectivity index (χ3v) is 5.92. The first-order valence-corrected chi connectivity index (χ1v) is 10.7. The van der Waals surface area contributed by atoms with Crippen LogP contribution in [-0.2, 0) is 9.53 Å². The molecule has 1 aromatic carbocycles. The van der Waals surface area contributed by atoms with Crippen molar-refractivity contribution in [2.24, 2.45) is 5.92 Å². The second kappa shape index (κ2) is 10.1. The number of benzene rings is 1. The Kier molecular flexibility index (Phi) is 7.50. The summed E-state index contributed by atoms with van der Waals surface area (Å²) < 4.78 is 6.31. The molecule has 0 bridgehead atoms. The summed E-state index contributed by atoms with van der Waals surface area (Å²) in [5.41, 5.74) is 1.33. The first-order chi connectivity index (χ1) is 13.9. The Balaban J connectivity index is 1.42. The van der Waals surface area contributed by atoms with Crippen molar-refractivity contribution in [3.63, 3.8) is 0 Å². The van der Waals surface area contributed by atoms with E-state index in [-0.39, 0.29) is 24.0 Å². The molecular formula is C22H33N3O4. The van der Waals surface area contributed by atoms with Crippen LogP contribution in [0.15, 0.2) is 30.3 Å². The van der Waals surface area contributed by atoms with Gasteiger partial charge in [0.15, 0.2) is 0 Å². The summed E-state index contributed by atoms with van der Waals surface area (Å²) in [6, 6.07) is 10.2. The van der Waals surface area contributed by atoms with Crippen LogP contribution in [-0.4, -0.2) is 59.9 Å². The van der Waals surface area contributed by atoms with E-state index in [0.29, 0.717) is 19.1 Å². The highest BCUT2D eigenvalue weighted by atomic mass is 16.5. The number of carboxylic acid groups (broad SMARTS) is 1. The Morgan fingerprint density at radius 3 is 2.34 bits per heavy atom. The van der Waals surface area contributed by atoms with E-state index in [9.17, 15) is 9.59 Å². The van der Waals surface area contributed by atoms with E-state index in [4.69, 9.17) is 9.84 Å². The molecule has 2 aliphatic rings. The molecule has 3 atom stereocenters. The normalized spacial score (nSPS) is 24.3. The van der Waals surface area contributed by atoms with E-state index in [0.717, 1.165) is 32.2 Å². The lowest BCUT2D eigenvalue weighted by atomic mass is 9.96. The predicted molar refractivity (Wildman–Crippen MR) is 111 cm³/mol. The van der Waals surface area contributed by atoms with Gasteiger partial charge in [0.05, 0.1) is 12.2 Å². The molecule has 3 rings (SSSR count). The zero-order chi connectivity index (χ0) is 20.8. The van der Waals surface area contributed by atoms with Gasteiger partial charge in [-0.2, -0.15) is 0 Å². The van der Waals surface area contributed by atoms with Crippen molar-refractivity contribution < 1.29 is 19.4 Å². The van der Waals surface area contributed by atoms with E-state index >= 15 is 0 Å². The van der Waals surface area contributed by atoms with E-state index in [1.165, 1.54) is 5.56 Å². The topological polar surface area (TPSA) is 90.9 Å². The number of nitrogens with one attached hydrogen (secondary N) is 2. The molecule has 2 aliphatic heterocycles. The molecule has 0 aliphatic carbocycles. The molecule has 0 saturated carbocycles. The lowest BCUT2D eigenvalue weighted by molar-refractivity contribution is -0.138. The molecule has 2 saturated heterocycles. The average Bonchev–Trinajstić information content (AvgIpc) is 2.73. The van der Waals surface area contributed by atoms with Crippen LogP contribution in [0.3, 0.4) is 0 Å². The number of nitrogens with zero attached hydrogens (tertiary/aromatic N) is 1. The summed E-state index contributed by atoms with van der Waals surface area (Å²) in [5, 5.41) is 14.9. The third kappa shape index (κ3) is 5.93. The van der Waals surface area contributed by atoms with Crippen LogP contribution in [0.4, 0.5) is 4.79 Å². The fourth-order valence-electron chi connectivity index (χ4n) is 4.24. The predicted octanol–water partition coefficient (Wildman–Crippen LogP) is 2.78. The van der Waals surface area contributed by atoms with E-state index in [1.807, 2.05) is 19.9 Å². The molecular weight excluding hydrogens is 370 g/mol. The molecule has 2 amide bonds. The fraction of sp³-hybridized carbons (Fsp3) is 0.636. The fourth-order valence-corrected chi connectivity index (χ4v) is 4.24. The van der Waals surface area contributed by atoms with Crippen LogP contribution in [0.1, 0.15) is 51.1 Å². The molecule has 3 N–H and O–H groups in total. The minimum atomic E-state index is -1.16. The number of carbonyl (C=O) groups is 2. The highest BCUT2D eigenvalue weighted by Gasteiger charge is 2.32. The Morgan fingerprint density at radius 2 is 1.79 bits per heavy atom. The quantitative estimate of drug-likeness (QED) is 0.679. The number of amides is 2. The standard InChI is InChI=1S/C22H33N3O4/c1-15(2)20(24-22(27)28)21(26)25-12-10-17(11-13-25)29-18-8-9-19(23-14-18)16-6-4-3-5-7-16/h3-7,15,17-20,23-24H,8-14H2,1-2H3,(H,27,28)/t18?,19?,20-/m0/s1. The maximum Gasteiger partial charge on any atom is 0.405 e. The second-order valence-corrected chi connectivity index (χ2v) is 8.40. The van der Waals surface area contributed by atoms with Gasteiger partial charge in [0.25, 0.3) is 0 Å². The maximum atomic E-state index is 12.7. The number of hydrogen-bond donors (Lipinski definition) is 3. The molecule has 29 heavy (non-hydrogen) atoms. The summed E-state index contributed by atoms with van der Waals surface area (Å²) in [7, 11) is 0. The monoisotopic (exact) mass is 403 g/mol. The van der Waals surface area contributed by atoms with E-state index in [2.05, 4.69) is 34.9 Å². The Hall–Kier alpha value is -2.12. The van der Waals surface area contributed by atoms with Gasteiger partial charge in [0.1, 0.15) is 6.04 Å². The highest BCUT2D eigenvalue weighted by Crippen LogP contribution is 2.26. The van der Waals surface area contributed by atoms with Crippen molar-refractivity contribution >= 4 is 12.0 Å². The van der Waals surface area contributed by atoms with Gasteiger partial charge in [-0.1, -0.05) is 44.2 Å². The summed E-state index contributed by atoms with van der Waals surface area (Å²) in [6.45, 7) is 5.78. The smallest absolute Gasteiger partial charge is 0.405 e. The SMILES string of the molecule is CC(C)[C@H](NC(=O)O)C(=O)N1CCC(OC2CCC(c3ccccc3)NC2)CC1. The number of ether oxygens (including phenoxy) is 1. The van der Waals surface area contributed by atoms with E-state index in [1.54, 1.807) is 4.90 Å². The van der Waals surface area contributed by atoms with Gasteiger partial charge in [-0.05, 0) is 37.2 Å². The lowest BCUT2D eigenvalue weighted by Gasteiger charge is -2.38. The maximum absolute atomic E-state index is 12.7. The molecule has 160 valence electrons. The number of hydrogen-bond acceptors (Lipinski definition) is 4. The number of rotatable bonds is 6. The summed E-state index contributed by atoms with van der Waals surface area (Å²) >= 11 is 0. The molecule has 2 fully saturated rings. The van der Waals surface area contributed by atoms with Crippen LogP contribution in [0, 0.1) is 5.92 Å². The van der Waals surface area contributed by atoms with Gasteiger partial charge in [-0.25, -0.2) is 4.79 Å². The third-order valence-electron chi connectivity index (χ3n) is 5.92. The van der Waals surface area contributed by atoms with Gasteiger partial charge >= 0.3 is 6.09 Å². The molecule has 7 heteroatoms. The zero-order valence-corrected chi connectivity index (χ0v) is 17.3. The molecule has 0 spiro atoms. The summed E-state index contributed by atoms with van der Waals surface area (Å²) in [4.78, 5) is 25.4. The van der Waals surface area contributed by atoms with Crippen LogP contribution in [0.2, 0.25) is 0 Å². The minimum Gasteiger partial charge on any atom is -0.465 e. The van der Waals surface area contributed by atoms with Crippen LogP contribution in [0.25, 0.3) is 0 Å². The number of likely N-dealkylation sites (tertiary alicyclic amines) is 1. The molecule has 2 unspecified atom stereocenters. The van der Waals surface area contributed by atoms with Crippen molar-refractivity contribution in [1.29, 1.82) is 0 Å². The Morgan fingerprint density at radius 1 is 1.10 bits per heavy atom. The van der Waals surface area contributed by atoms with Crippen molar-refractivity contribution in [3.05, 3.63) is 35.9 Å². The average molecular weight is 404 g/mol. The van der Waals surface area contributed by atoms with E-state index < -0.39 is 12.1 Å². The molecule has 0 radical (unpaired) electrons. The largest absolute Gasteiger partial charge is 0.465 e. The Bertz CT molecular complexity index is 666. The molecule has 2 heterocycles. The van der Waals surface area contributed by atoms with Gasteiger partial charge in [0, 0.05) is 25.7 Å². The first kappa shape index (κ1) is 21.6. The highest BCUT2D eigenvalue weighted by molar-refractivity contribution is 5.85. The van der Waals surface area contributed by atoms with Crippen LogP contribution >= 0.6 is 0 Å². The second-order valence-electron chi connectivity index (χ2n) is 8.40. The molecule has 0 aromatic heterocycles. The van der Waals surface area contributed by atoms with Crippen molar-refractivity contribution in [2.45, 2.75) is 63.8 Å². The van der Waals surface area contributed by atoms with Gasteiger partial charge in [-0.3, -0.25) is 4.79 Å². The van der Waals surface area contributed by atoms with Gasteiger partial charge < -0.3 is 25.4 Å². The van der Waals surface area contributed by atoms with Crippen molar-refractivity contribution in [2.75, 3.05) is 19.6 Å². The zero-order valence-electron chi connectivity index (χ0n) is 17.3. The van der Waals surface area contributed by atoms with Gasteiger partial charge in [0.2, 0.25) is 5.91 Å². The lowest BCUT2D eigenvalue weighted by Crippen LogP contribution is -2.53. The number of carbonyl (C=O) groups excluding carboxylic acids is 1. The van der Waals surface area contributed by atoms with Crippen molar-refractivity contribution in [1.82, 2.24) is 15.5 Å². The molecule has 1 aromatic rings. The van der Waals surface area contributed by atoms with Crippen molar-refractivity contribution in [3.8, 4) is 0 Å². The van der Waals surface area contributed by atoms with Crippen LogP contribution in [0.5, 0.6) is 0 Å². The van der Waals surface area contributed by atoms with Crippen LogP contribution < -0.4 is 10.6 Å².